The number of rotatable bonds is 4. The van der Waals surface area contributed by atoms with Crippen molar-refractivity contribution in [2.75, 3.05) is 12.3 Å². The monoisotopic (exact) mass is 346 g/mol. The van der Waals surface area contributed by atoms with Crippen LogP contribution in [0.1, 0.15) is 31.2 Å². The van der Waals surface area contributed by atoms with E-state index in [1.165, 1.54) is 12.8 Å². The third-order valence-electron chi connectivity index (χ3n) is 3.69. The molecular formula is C13H19BrN2O2S. The molecule has 2 rings (SSSR count). The van der Waals surface area contributed by atoms with Crippen molar-refractivity contribution in [1.82, 2.24) is 4.72 Å². The minimum absolute atomic E-state index is 0.261. The Morgan fingerprint density at radius 1 is 1.37 bits per heavy atom. The van der Waals surface area contributed by atoms with Crippen LogP contribution in [-0.2, 0) is 10.0 Å². The molecule has 6 heteroatoms. The van der Waals surface area contributed by atoms with Crippen LogP contribution in [0.2, 0.25) is 0 Å². The normalized spacial score (nSPS) is 16.9. The molecule has 3 N–H and O–H groups in total. The first kappa shape index (κ1) is 14.8. The molecule has 1 saturated carbocycles. The molecule has 4 nitrogen and oxygen atoms in total. The van der Waals surface area contributed by atoms with Crippen molar-refractivity contribution in [2.24, 2.45) is 5.92 Å². The Hall–Kier alpha value is -0.590. The first-order valence-electron chi connectivity index (χ1n) is 6.45. The number of nitrogen functional groups attached to an aromatic ring is 1. The minimum atomic E-state index is -3.48. The fourth-order valence-corrected chi connectivity index (χ4v) is 4.51. The minimum Gasteiger partial charge on any atom is -0.398 e. The predicted molar refractivity (Wildman–Crippen MR) is 80.4 cm³/mol. The molecule has 0 aromatic heterocycles. The lowest BCUT2D eigenvalue weighted by atomic mass is 10.1. The summed E-state index contributed by atoms with van der Waals surface area (Å²) in [6.07, 6.45) is 4.63. The van der Waals surface area contributed by atoms with Crippen molar-refractivity contribution in [3.63, 3.8) is 0 Å². The van der Waals surface area contributed by atoms with Gasteiger partial charge in [-0.25, -0.2) is 13.1 Å². The summed E-state index contributed by atoms with van der Waals surface area (Å²) in [5, 5.41) is 0. The Morgan fingerprint density at radius 2 is 2.00 bits per heavy atom. The molecule has 1 aromatic carbocycles. The zero-order valence-corrected chi connectivity index (χ0v) is 13.4. The molecule has 0 heterocycles. The van der Waals surface area contributed by atoms with Gasteiger partial charge in [0.1, 0.15) is 0 Å². The number of anilines is 1. The van der Waals surface area contributed by atoms with Crippen LogP contribution in [0.15, 0.2) is 21.5 Å². The van der Waals surface area contributed by atoms with Gasteiger partial charge in [0.2, 0.25) is 10.0 Å². The van der Waals surface area contributed by atoms with Crippen LogP contribution in [0, 0.1) is 12.8 Å². The number of nitrogens with one attached hydrogen (secondary N) is 1. The van der Waals surface area contributed by atoms with Crippen molar-refractivity contribution in [2.45, 2.75) is 37.5 Å². The van der Waals surface area contributed by atoms with E-state index in [0.717, 1.165) is 12.8 Å². The summed E-state index contributed by atoms with van der Waals surface area (Å²) in [4.78, 5) is 0.261. The molecule has 1 aliphatic carbocycles. The van der Waals surface area contributed by atoms with E-state index in [2.05, 4.69) is 20.7 Å². The lowest BCUT2D eigenvalue weighted by molar-refractivity contribution is 0.519. The third-order valence-corrected chi connectivity index (χ3v) is 5.70. The second-order valence-corrected chi connectivity index (χ2v) is 7.77. The van der Waals surface area contributed by atoms with Gasteiger partial charge in [-0.05, 0) is 43.4 Å². The molecule has 19 heavy (non-hydrogen) atoms. The first-order chi connectivity index (χ1) is 8.90. The second-order valence-electron chi connectivity index (χ2n) is 5.12. The van der Waals surface area contributed by atoms with Gasteiger partial charge in [-0.2, -0.15) is 0 Å². The van der Waals surface area contributed by atoms with E-state index >= 15 is 0 Å². The van der Waals surface area contributed by atoms with Crippen LogP contribution in [0.3, 0.4) is 0 Å². The van der Waals surface area contributed by atoms with Crippen LogP contribution in [0.25, 0.3) is 0 Å². The van der Waals surface area contributed by atoms with E-state index in [9.17, 15) is 8.42 Å². The summed E-state index contributed by atoms with van der Waals surface area (Å²) in [5.41, 5.74) is 6.90. The van der Waals surface area contributed by atoms with Crippen molar-refractivity contribution in [3.05, 3.63) is 22.2 Å². The van der Waals surface area contributed by atoms with Crippen molar-refractivity contribution < 1.29 is 8.42 Å². The van der Waals surface area contributed by atoms with Crippen LogP contribution in [0.4, 0.5) is 5.69 Å². The van der Waals surface area contributed by atoms with Crippen LogP contribution >= 0.6 is 15.9 Å². The lowest BCUT2D eigenvalue weighted by Crippen LogP contribution is -2.29. The van der Waals surface area contributed by atoms with Gasteiger partial charge in [0, 0.05) is 16.7 Å². The molecule has 0 unspecified atom stereocenters. The van der Waals surface area contributed by atoms with E-state index in [1.54, 1.807) is 19.1 Å². The standard InChI is InChI=1S/C13H19BrN2O2S/c1-9-12(15)6-11(14)7-13(9)19(17,18)16-8-10-4-2-3-5-10/h6-7,10,16H,2-5,8,15H2,1H3. The summed E-state index contributed by atoms with van der Waals surface area (Å²) < 4.78 is 28.0. The summed E-state index contributed by atoms with van der Waals surface area (Å²) in [7, 11) is -3.48. The van der Waals surface area contributed by atoms with Crippen molar-refractivity contribution >= 4 is 31.6 Å². The van der Waals surface area contributed by atoms with E-state index in [0.29, 0.717) is 28.2 Å². The molecule has 0 radical (unpaired) electrons. The zero-order chi connectivity index (χ0) is 14.0. The van der Waals surface area contributed by atoms with Gasteiger partial charge in [0.15, 0.2) is 0 Å². The number of nitrogens with two attached hydrogens (primary N) is 1. The Labute approximate surface area is 122 Å². The molecule has 1 fully saturated rings. The second kappa shape index (κ2) is 5.81. The lowest BCUT2D eigenvalue weighted by Gasteiger charge is -2.14. The van der Waals surface area contributed by atoms with Crippen LogP contribution in [0.5, 0.6) is 0 Å². The van der Waals surface area contributed by atoms with Crippen molar-refractivity contribution in [1.29, 1.82) is 0 Å². The highest BCUT2D eigenvalue weighted by Gasteiger charge is 2.22. The molecule has 0 atom stereocenters. The number of hydrogen-bond donors (Lipinski definition) is 2. The largest absolute Gasteiger partial charge is 0.398 e. The average molecular weight is 347 g/mol. The van der Waals surface area contributed by atoms with E-state index in [1.807, 2.05) is 0 Å². The Bertz CT molecular complexity index is 566. The first-order valence-corrected chi connectivity index (χ1v) is 8.73. The topological polar surface area (TPSA) is 72.2 Å². The smallest absolute Gasteiger partial charge is 0.240 e. The summed E-state index contributed by atoms with van der Waals surface area (Å²) in [5.74, 6) is 0.472. The van der Waals surface area contributed by atoms with E-state index in [4.69, 9.17) is 5.73 Å². The molecule has 0 spiro atoms. The molecule has 0 amide bonds. The maximum atomic E-state index is 12.3. The highest BCUT2D eigenvalue weighted by Crippen LogP contribution is 2.27. The number of sulfonamides is 1. The maximum Gasteiger partial charge on any atom is 0.240 e. The molecule has 0 bridgehead atoms. The quantitative estimate of drug-likeness (QED) is 0.823. The molecular weight excluding hydrogens is 328 g/mol. The average Bonchev–Trinajstić information content (AvgIpc) is 2.84. The highest BCUT2D eigenvalue weighted by atomic mass is 79.9. The van der Waals surface area contributed by atoms with Gasteiger partial charge < -0.3 is 5.73 Å². The third kappa shape index (κ3) is 3.49. The Kier molecular flexibility index (Phi) is 4.53. The van der Waals surface area contributed by atoms with Gasteiger partial charge in [-0.1, -0.05) is 28.8 Å². The fourth-order valence-electron chi connectivity index (χ4n) is 2.47. The number of halogens is 1. The maximum absolute atomic E-state index is 12.3. The zero-order valence-electron chi connectivity index (χ0n) is 10.9. The highest BCUT2D eigenvalue weighted by molar-refractivity contribution is 9.10. The summed E-state index contributed by atoms with van der Waals surface area (Å²) in [6, 6.07) is 3.31. The summed E-state index contributed by atoms with van der Waals surface area (Å²) >= 11 is 3.28. The van der Waals surface area contributed by atoms with Crippen LogP contribution < -0.4 is 10.5 Å². The fraction of sp³-hybridized carbons (Fsp3) is 0.538. The van der Waals surface area contributed by atoms with Crippen LogP contribution in [-0.4, -0.2) is 15.0 Å². The van der Waals surface area contributed by atoms with Gasteiger partial charge in [0.25, 0.3) is 0 Å². The van der Waals surface area contributed by atoms with Gasteiger partial charge in [-0.15, -0.1) is 0 Å². The van der Waals surface area contributed by atoms with Gasteiger partial charge in [0.05, 0.1) is 4.90 Å². The Morgan fingerprint density at radius 3 is 2.63 bits per heavy atom. The van der Waals surface area contributed by atoms with Crippen molar-refractivity contribution in [3.8, 4) is 0 Å². The molecule has 1 aromatic rings. The predicted octanol–water partition coefficient (Wildman–Crippen LogP) is 2.81. The molecule has 0 aliphatic heterocycles. The van der Waals surface area contributed by atoms with E-state index < -0.39 is 10.0 Å². The van der Waals surface area contributed by atoms with E-state index in [-0.39, 0.29) is 4.90 Å². The summed E-state index contributed by atoms with van der Waals surface area (Å²) in [6.45, 7) is 2.25. The number of benzene rings is 1. The molecule has 1 aliphatic rings. The van der Waals surface area contributed by atoms with Gasteiger partial charge in [-0.3, -0.25) is 0 Å². The Balaban J connectivity index is 2.19. The molecule has 0 saturated heterocycles. The molecule has 106 valence electrons. The van der Waals surface area contributed by atoms with Gasteiger partial charge >= 0.3 is 0 Å². The SMILES string of the molecule is Cc1c(N)cc(Br)cc1S(=O)(=O)NCC1CCCC1. The number of hydrogen-bond acceptors (Lipinski definition) is 3.